The summed E-state index contributed by atoms with van der Waals surface area (Å²) in [5, 5.41) is 3.33. The van der Waals surface area contributed by atoms with E-state index in [2.05, 4.69) is 19.2 Å². The summed E-state index contributed by atoms with van der Waals surface area (Å²) in [5.41, 5.74) is 0. The van der Waals surface area contributed by atoms with Gasteiger partial charge in [0.25, 0.3) is 0 Å². The number of hydrogen-bond acceptors (Lipinski definition) is 4. The molecule has 0 aliphatic heterocycles. The van der Waals surface area contributed by atoms with Gasteiger partial charge < -0.3 is 19.5 Å². The van der Waals surface area contributed by atoms with Crippen molar-refractivity contribution in [1.29, 1.82) is 0 Å². The normalized spacial score (nSPS) is 12.3. The molecule has 1 atom stereocenters. The van der Waals surface area contributed by atoms with E-state index in [1.54, 1.807) is 14.2 Å². The van der Waals surface area contributed by atoms with Gasteiger partial charge in [0, 0.05) is 12.6 Å². The lowest BCUT2D eigenvalue weighted by Gasteiger charge is -2.20. The van der Waals surface area contributed by atoms with Crippen molar-refractivity contribution in [3.8, 4) is 17.2 Å². The predicted octanol–water partition coefficient (Wildman–Crippen LogP) is 2.47. The first kappa shape index (κ1) is 14.6. The first-order chi connectivity index (χ1) is 8.58. The third-order valence-electron chi connectivity index (χ3n) is 2.52. The molecule has 1 aromatic carbocycles. The largest absolute Gasteiger partial charge is 0.493 e. The van der Waals surface area contributed by atoms with E-state index in [4.69, 9.17) is 14.2 Å². The van der Waals surface area contributed by atoms with Gasteiger partial charge >= 0.3 is 0 Å². The Balaban J connectivity index is 2.75. The number of hydrogen-bond donors (Lipinski definition) is 1. The minimum absolute atomic E-state index is 0.0394. The number of benzene rings is 1. The van der Waals surface area contributed by atoms with E-state index in [1.807, 2.05) is 25.1 Å². The number of nitrogens with one attached hydrogen (secondary N) is 1. The molecule has 1 unspecified atom stereocenters. The molecule has 1 N–H and O–H groups in total. The van der Waals surface area contributed by atoms with Crippen LogP contribution >= 0.6 is 0 Å². The molecule has 0 saturated heterocycles. The smallest absolute Gasteiger partial charge is 0.203 e. The molecule has 1 aromatic rings. The van der Waals surface area contributed by atoms with Gasteiger partial charge in [-0.25, -0.2) is 0 Å². The van der Waals surface area contributed by atoms with Gasteiger partial charge in [0.1, 0.15) is 6.10 Å². The van der Waals surface area contributed by atoms with E-state index < -0.39 is 0 Å². The molecular weight excluding hydrogens is 230 g/mol. The second kappa shape index (κ2) is 7.11. The van der Waals surface area contributed by atoms with Crippen LogP contribution in [0.4, 0.5) is 0 Å². The van der Waals surface area contributed by atoms with Gasteiger partial charge in [-0.05, 0) is 19.1 Å². The van der Waals surface area contributed by atoms with E-state index in [9.17, 15) is 0 Å². The summed E-state index contributed by atoms with van der Waals surface area (Å²) >= 11 is 0. The van der Waals surface area contributed by atoms with Crippen LogP contribution in [-0.4, -0.2) is 32.9 Å². The molecule has 0 amide bonds. The van der Waals surface area contributed by atoms with Crippen molar-refractivity contribution in [3.63, 3.8) is 0 Å². The highest BCUT2D eigenvalue weighted by molar-refractivity contribution is 5.51. The standard InChI is InChI=1S/C14H23NO3/c1-10(2)15-9-11(3)18-14-12(16-4)7-6-8-13(14)17-5/h6-8,10-11,15H,9H2,1-5H3. The van der Waals surface area contributed by atoms with E-state index in [0.717, 1.165) is 6.54 Å². The molecule has 0 radical (unpaired) electrons. The molecule has 0 bridgehead atoms. The van der Waals surface area contributed by atoms with Crippen molar-refractivity contribution >= 4 is 0 Å². The molecule has 4 heteroatoms. The Hall–Kier alpha value is -1.42. The maximum Gasteiger partial charge on any atom is 0.203 e. The zero-order chi connectivity index (χ0) is 13.5. The molecule has 18 heavy (non-hydrogen) atoms. The highest BCUT2D eigenvalue weighted by Crippen LogP contribution is 2.37. The lowest BCUT2D eigenvalue weighted by molar-refractivity contribution is 0.195. The minimum atomic E-state index is 0.0394. The summed E-state index contributed by atoms with van der Waals surface area (Å²) in [6.07, 6.45) is 0.0394. The quantitative estimate of drug-likeness (QED) is 0.810. The van der Waals surface area contributed by atoms with Gasteiger partial charge in [-0.3, -0.25) is 0 Å². The first-order valence-corrected chi connectivity index (χ1v) is 6.19. The molecule has 4 nitrogen and oxygen atoms in total. The molecule has 0 aliphatic carbocycles. The highest BCUT2D eigenvalue weighted by atomic mass is 16.5. The van der Waals surface area contributed by atoms with Gasteiger partial charge in [0.15, 0.2) is 11.5 Å². The Kier molecular flexibility index (Phi) is 5.78. The summed E-state index contributed by atoms with van der Waals surface area (Å²) in [6.45, 7) is 7.01. The van der Waals surface area contributed by atoms with Crippen molar-refractivity contribution in [2.24, 2.45) is 0 Å². The van der Waals surface area contributed by atoms with E-state index in [0.29, 0.717) is 23.3 Å². The molecule has 0 spiro atoms. The van der Waals surface area contributed by atoms with Gasteiger partial charge in [-0.1, -0.05) is 19.9 Å². The third-order valence-corrected chi connectivity index (χ3v) is 2.52. The van der Waals surface area contributed by atoms with Crippen LogP contribution in [0.1, 0.15) is 20.8 Å². The van der Waals surface area contributed by atoms with Crippen molar-refractivity contribution in [3.05, 3.63) is 18.2 Å². The van der Waals surface area contributed by atoms with Crippen molar-refractivity contribution in [2.75, 3.05) is 20.8 Å². The first-order valence-electron chi connectivity index (χ1n) is 6.19. The molecule has 1 rings (SSSR count). The van der Waals surface area contributed by atoms with Gasteiger partial charge in [-0.2, -0.15) is 0 Å². The van der Waals surface area contributed by atoms with Crippen LogP contribution in [-0.2, 0) is 0 Å². The molecule has 0 fully saturated rings. The van der Waals surface area contributed by atoms with Crippen molar-refractivity contribution < 1.29 is 14.2 Å². The van der Waals surface area contributed by atoms with E-state index >= 15 is 0 Å². The third kappa shape index (κ3) is 4.11. The summed E-state index contributed by atoms with van der Waals surface area (Å²) in [4.78, 5) is 0. The predicted molar refractivity (Wildman–Crippen MR) is 72.8 cm³/mol. The Labute approximate surface area is 109 Å². The van der Waals surface area contributed by atoms with Crippen LogP contribution < -0.4 is 19.5 Å². The van der Waals surface area contributed by atoms with Crippen LogP contribution in [0, 0.1) is 0 Å². The van der Waals surface area contributed by atoms with Crippen molar-refractivity contribution in [2.45, 2.75) is 32.9 Å². The van der Waals surface area contributed by atoms with E-state index in [1.165, 1.54) is 0 Å². The highest BCUT2D eigenvalue weighted by Gasteiger charge is 2.14. The molecule has 102 valence electrons. The second-order valence-corrected chi connectivity index (χ2v) is 4.48. The number of ether oxygens (including phenoxy) is 3. The fraction of sp³-hybridized carbons (Fsp3) is 0.571. The average Bonchev–Trinajstić information content (AvgIpc) is 2.36. The summed E-state index contributed by atoms with van der Waals surface area (Å²) in [7, 11) is 3.25. The van der Waals surface area contributed by atoms with Crippen LogP contribution in [0.3, 0.4) is 0 Å². The van der Waals surface area contributed by atoms with E-state index in [-0.39, 0.29) is 6.10 Å². The fourth-order valence-corrected chi connectivity index (χ4v) is 1.58. The molecule has 0 aliphatic rings. The molecule has 0 saturated carbocycles. The fourth-order valence-electron chi connectivity index (χ4n) is 1.58. The van der Waals surface area contributed by atoms with Gasteiger partial charge in [-0.15, -0.1) is 0 Å². The van der Waals surface area contributed by atoms with Crippen LogP contribution in [0.2, 0.25) is 0 Å². The monoisotopic (exact) mass is 253 g/mol. The number of methoxy groups -OCH3 is 2. The lowest BCUT2D eigenvalue weighted by Crippen LogP contribution is -2.33. The Morgan fingerprint density at radius 1 is 1.06 bits per heavy atom. The number of para-hydroxylation sites is 1. The van der Waals surface area contributed by atoms with Crippen LogP contribution in [0.5, 0.6) is 17.2 Å². The zero-order valence-electron chi connectivity index (χ0n) is 11.8. The zero-order valence-corrected chi connectivity index (χ0v) is 11.8. The molecule has 0 aromatic heterocycles. The Morgan fingerprint density at radius 3 is 2.06 bits per heavy atom. The lowest BCUT2D eigenvalue weighted by atomic mass is 10.2. The molecular formula is C14H23NO3. The maximum atomic E-state index is 5.90. The Bertz CT molecular complexity index is 344. The van der Waals surface area contributed by atoms with Crippen LogP contribution in [0.25, 0.3) is 0 Å². The van der Waals surface area contributed by atoms with Crippen LogP contribution in [0.15, 0.2) is 18.2 Å². The maximum absolute atomic E-state index is 5.90. The topological polar surface area (TPSA) is 39.7 Å². The second-order valence-electron chi connectivity index (χ2n) is 4.48. The van der Waals surface area contributed by atoms with Gasteiger partial charge in [0.05, 0.1) is 14.2 Å². The summed E-state index contributed by atoms with van der Waals surface area (Å²) < 4.78 is 16.5. The summed E-state index contributed by atoms with van der Waals surface area (Å²) in [6, 6.07) is 6.04. The summed E-state index contributed by atoms with van der Waals surface area (Å²) in [5.74, 6) is 2.03. The van der Waals surface area contributed by atoms with Crippen molar-refractivity contribution in [1.82, 2.24) is 5.32 Å². The number of rotatable bonds is 7. The SMILES string of the molecule is COc1cccc(OC)c1OC(C)CNC(C)C. The minimum Gasteiger partial charge on any atom is -0.493 e. The Morgan fingerprint density at radius 2 is 1.61 bits per heavy atom. The molecule has 0 heterocycles. The average molecular weight is 253 g/mol. The van der Waals surface area contributed by atoms with Gasteiger partial charge in [0.2, 0.25) is 5.75 Å².